The number of aryl methyl sites for hydroxylation is 2. The highest BCUT2D eigenvalue weighted by Crippen LogP contribution is 2.36. The molecule has 0 bridgehead atoms. The van der Waals surface area contributed by atoms with E-state index in [-0.39, 0.29) is 27.9 Å². The lowest BCUT2D eigenvalue weighted by atomic mass is 10.2. The molecule has 1 unspecified atom stereocenters. The molecule has 0 saturated carbocycles. The molecule has 2 heterocycles. The highest BCUT2D eigenvalue weighted by Gasteiger charge is 2.25. The normalized spacial score (nSPS) is 13.5. The summed E-state index contributed by atoms with van der Waals surface area (Å²) in [5.41, 5.74) is 2.11. The minimum atomic E-state index is -0.616. The molecular formula is C25H21ClN4O4S2. The van der Waals surface area contributed by atoms with Crippen LogP contribution in [0.15, 0.2) is 58.5 Å². The average Bonchev–Trinajstić information content (AvgIpc) is 3.44. The predicted molar refractivity (Wildman–Crippen MR) is 144 cm³/mol. The second kappa shape index (κ2) is 10.0. The standard InChI is InChI=1S/C25H21ClN4O4S2/c1-14(22(31)27-19-11-10-16(30(33)34)12-18(19)26)35-25-28-23-21(17-8-5-9-20(17)36-23)24(32)29(25)13-15-6-3-2-4-7-15/h2-4,6-7,10-12,14H,5,8-9,13H2,1H3,(H,27,31). The minimum absolute atomic E-state index is 0.0726. The van der Waals surface area contributed by atoms with Gasteiger partial charge in [-0.1, -0.05) is 53.7 Å². The molecule has 0 radical (unpaired) electrons. The molecule has 184 valence electrons. The number of hydrogen-bond donors (Lipinski definition) is 1. The number of non-ortho nitro benzene ring substituents is 1. The maximum Gasteiger partial charge on any atom is 0.271 e. The molecule has 0 spiro atoms. The number of halogens is 1. The number of nitro groups is 1. The molecule has 1 aliphatic rings. The number of nitro benzene ring substituents is 1. The quantitative estimate of drug-likeness (QED) is 0.140. The van der Waals surface area contributed by atoms with Crippen molar-refractivity contribution in [2.75, 3.05) is 5.32 Å². The van der Waals surface area contributed by atoms with E-state index in [0.29, 0.717) is 21.9 Å². The first kappa shape index (κ1) is 24.5. The van der Waals surface area contributed by atoms with Crippen molar-refractivity contribution in [1.82, 2.24) is 9.55 Å². The molecule has 2 aromatic carbocycles. The number of fused-ring (bicyclic) bond motifs is 3. The molecule has 1 N–H and O–H groups in total. The van der Waals surface area contributed by atoms with Gasteiger partial charge in [0.15, 0.2) is 5.16 Å². The van der Waals surface area contributed by atoms with Crippen molar-refractivity contribution in [2.45, 2.75) is 43.1 Å². The Labute approximate surface area is 219 Å². The zero-order chi connectivity index (χ0) is 25.4. The fraction of sp³-hybridized carbons (Fsp3) is 0.240. The van der Waals surface area contributed by atoms with E-state index in [1.54, 1.807) is 22.8 Å². The Morgan fingerprint density at radius 2 is 2.06 bits per heavy atom. The van der Waals surface area contributed by atoms with Crippen LogP contribution >= 0.6 is 34.7 Å². The topological polar surface area (TPSA) is 107 Å². The molecule has 8 nitrogen and oxygen atoms in total. The van der Waals surface area contributed by atoms with Crippen LogP contribution in [0.2, 0.25) is 5.02 Å². The van der Waals surface area contributed by atoms with Gasteiger partial charge in [-0.2, -0.15) is 0 Å². The summed E-state index contributed by atoms with van der Waals surface area (Å²) in [7, 11) is 0. The Balaban J connectivity index is 1.46. The van der Waals surface area contributed by atoms with Crippen molar-refractivity contribution < 1.29 is 9.72 Å². The van der Waals surface area contributed by atoms with Gasteiger partial charge in [-0.15, -0.1) is 11.3 Å². The van der Waals surface area contributed by atoms with E-state index >= 15 is 0 Å². The number of rotatable bonds is 7. The number of carbonyl (C=O) groups is 1. The van der Waals surface area contributed by atoms with Crippen molar-refractivity contribution in [2.24, 2.45) is 0 Å². The summed E-state index contributed by atoms with van der Waals surface area (Å²) < 4.78 is 1.65. The maximum atomic E-state index is 13.7. The zero-order valence-electron chi connectivity index (χ0n) is 19.2. The van der Waals surface area contributed by atoms with E-state index in [2.05, 4.69) is 5.32 Å². The number of anilines is 1. The van der Waals surface area contributed by atoms with Crippen LogP contribution in [0.4, 0.5) is 11.4 Å². The van der Waals surface area contributed by atoms with Crippen LogP contribution < -0.4 is 10.9 Å². The van der Waals surface area contributed by atoms with Crippen LogP contribution in [0.3, 0.4) is 0 Å². The Kier molecular flexibility index (Phi) is 6.83. The maximum absolute atomic E-state index is 13.7. The number of carbonyl (C=O) groups excluding carboxylic acids is 1. The van der Waals surface area contributed by atoms with Crippen LogP contribution in [-0.4, -0.2) is 25.6 Å². The Hall–Kier alpha value is -3.21. The van der Waals surface area contributed by atoms with Gasteiger partial charge in [0.05, 0.1) is 32.8 Å². The minimum Gasteiger partial charge on any atom is -0.324 e. The SMILES string of the molecule is CC(Sc1nc2sc3c(c2c(=O)n1Cc1ccccc1)CCC3)C(=O)Nc1ccc([N+](=O)[O-])cc1Cl. The smallest absolute Gasteiger partial charge is 0.271 e. The molecule has 36 heavy (non-hydrogen) atoms. The molecule has 1 aliphatic carbocycles. The van der Waals surface area contributed by atoms with Gasteiger partial charge in [-0.3, -0.25) is 24.3 Å². The molecule has 1 atom stereocenters. The summed E-state index contributed by atoms with van der Waals surface area (Å²) in [5.74, 6) is -0.356. The van der Waals surface area contributed by atoms with E-state index in [1.807, 2.05) is 30.3 Å². The van der Waals surface area contributed by atoms with E-state index in [4.69, 9.17) is 16.6 Å². The molecule has 2 aromatic heterocycles. The molecule has 4 aromatic rings. The monoisotopic (exact) mass is 540 g/mol. The molecule has 0 saturated heterocycles. The van der Waals surface area contributed by atoms with Crippen molar-refractivity contribution in [1.29, 1.82) is 0 Å². The summed E-state index contributed by atoms with van der Waals surface area (Å²) in [4.78, 5) is 43.8. The fourth-order valence-electron chi connectivity index (χ4n) is 4.22. The average molecular weight is 541 g/mol. The van der Waals surface area contributed by atoms with Crippen LogP contribution in [0, 0.1) is 10.1 Å². The summed E-state index contributed by atoms with van der Waals surface area (Å²) in [6.45, 7) is 2.06. The van der Waals surface area contributed by atoms with Crippen molar-refractivity contribution >= 4 is 62.2 Å². The van der Waals surface area contributed by atoms with Crippen LogP contribution in [0.25, 0.3) is 10.2 Å². The van der Waals surface area contributed by atoms with E-state index in [9.17, 15) is 19.7 Å². The molecule has 0 aliphatic heterocycles. The molecule has 5 rings (SSSR count). The third kappa shape index (κ3) is 4.76. The molecule has 0 fully saturated rings. The second-order valence-corrected chi connectivity index (χ2v) is 11.3. The first-order chi connectivity index (χ1) is 17.3. The first-order valence-corrected chi connectivity index (χ1v) is 13.4. The number of thiophene rings is 1. The van der Waals surface area contributed by atoms with E-state index < -0.39 is 10.2 Å². The number of nitrogens with zero attached hydrogens (tertiary/aromatic N) is 3. The number of aromatic nitrogens is 2. The van der Waals surface area contributed by atoms with E-state index in [0.717, 1.165) is 30.4 Å². The number of amides is 1. The molecular weight excluding hydrogens is 520 g/mol. The lowest BCUT2D eigenvalue weighted by molar-refractivity contribution is -0.384. The van der Waals surface area contributed by atoms with Gasteiger partial charge in [-0.05, 0) is 43.4 Å². The zero-order valence-corrected chi connectivity index (χ0v) is 21.6. The van der Waals surface area contributed by atoms with Crippen LogP contribution in [0.5, 0.6) is 0 Å². The largest absolute Gasteiger partial charge is 0.324 e. The van der Waals surface area contributed by atoms with Crippen LogP contribution in [-0.2, 0) is 24.2 Å². The van der Waals surface area contributed by atoms with Gasteiger partial charge >= 0.3 is 0 Å². The van der Waals surface area contributed by atoms with Crippen LogP contribution in [0.1, 0.15) is 29.3 Å². The Morgan fingerprint density at radius 1 is 1.28 bits per heavy atom. The second-order valence-electron chi connectivity index (χ2n) is 8.48. The van der Waals surface area contributed by atoms with Gasteiger partial charge in [0.1, 0.15) is 4.83 Å². The summed E-state index contributed by atoms with van der Waals surface area (Å²) >= 11 is 8.90. The highest BCUT2D eigenvalue weighted by molar-refractivity contribution is 8.00. The van der Waals surface area contributed by atoms with Gasteiger partial charge in [-0.25, -0.2) is 4.98 Å². The lowest BCUT2D eigenvalue weighted by Gasteiger charge is -2.16. The van der Waals surface area contributed by atoms with Crippen molar-refractivity contribution in [3.63, 3.8) is 0 Å². The molecule has 1 amide bonds. The number of hydrogen-bond acceptors (Lipinski definition) is 7. The Morgan fingerprint density at radius 3 is 2.78 bits per heavy atom. The lowest BCUT2D eigenvalue weighted by Crippen LogP contribution is -2.27. The van der Waals surface area contributed by atoms with Crippen molar-refractivity contribution in [3.8, 4) is 0 Å². The van der Waals surface area contributed by atoms with Crippen molar-refractivity contribution in [3.05, 3.63) is 90.0 Å². The summed E-state index contributed by atoms with van der Waals surface area (Å²) in [5, 5.41) is 14.3. The van der Waals surface area contributed by atoms with Gasteiger partial charge in [0.25, 0.3) is 11.2 Å². The number of nitrogens with one attached hydrogen (secondary N) is 1. The van der Waals surface area contributed by atoms with E-state index in [1.165, 1.54) is 34.8 Å². The first-order valence-electron chi connectivity index (χ1n) is 11.3. The summed E-state index contributed by atoms with van der Waals surface area (Å²) in [6, 6.07) is 13.5. The fourth-order valence-corrected chi connectivity index (χ4v) is 6.65. The highest BCUT2D eigenvalue weighted by atomic mass is 35.5. The third-order valence-corrected chi connectivity index (χ3v) is 8.63. The number of thioether (sulfide) groups is 1. The Bertz CT molecular complexity index is 1550. The number of benzene rings is 2. The van der Waals surface area contributed by atoms with Gasteiger partial charge in [0.2, 0.25) is 5.91 Å². The van der Waals surface area contributed by atoms with Gasteiger partial charge in [0, 0.05) is 17.0 Å². The molecule has 11 heteroatoms. The third-order valence-electron chi connectivity index (χ3n) is 6.05. The summed E-state index contributed by atoms with van der Waals surface area (Å²) in [6.07, 6.45) is 2.90. The van der Waals surface area contributed by atoms with Gasteiger partial charge < -0.3 is 5.32 Å². The predicted octanol–water partition coefficient (Wildman–Crippen LogP) is 5.68.